The molecule has 8 nitrogen and oxygen atoms in total. The van der Waals surface area contributed by atoms with E-state index < -0.39 is 18.4 Å². The maximum absolute atomic E-state index is 12.9. The molecule has 2 saturated heterocycles. The maximum Gasteiger partial charge on any atom is 0.414 e. The molecule has 2 fully saturated rings. The van der Waals surface area contributed by atoms with E-state index in [0.29, 0.717) is 62.1 Å². The molecular weight excluding hydrogens is 451 g/mol. The molecule has 1 atom stereocenters. The molecule has 0 aliphatic carbocycles. The Morgan fingerprint density at radius 2 is 1.79 bits per heavy atom. The molecule has 4 heterocycles. The largest absolute Gasteiger partial charge is 0.422 e. The number of aromatic nitrogens is 2. The Bertz CT molecular complexity index is 1120. The number of rotatable bonds is 5. The molecule has 1 aromatic carbocycles. The standard InChI is InChI=1S/C23H24F3N5O3/c1-15(23(24,25)26)33-18-13-31(14-18)17-6-4-16(5-7-17)21(32)29-9-11-30(12-10-29)22-28-20-19(34-22)3-2-8-27-20/h2-8,15,18H,9-14H2,1H3. The van der Waals surface area contributed by atoms with Crippen molar-refractivity contribution in [1.29, 1.82) is 0 Å². The molecule has 180 valence electrons. The number of nitrogens with zero attached hydrogens (tertiary/aromatic N) is 5. The number of fused-ring (bicyclic) bond motifs is 1. The molecule has 0 spiro atoms. The molecule has 11 heteroatoms. The smallest absolute Gasteiger partial charge is 0.414 e. The Morgan fingerprint density at radius 3 is 2.44 bits per heavy atom. The van der Waals surface area contributed by atoms with Crippen LogP contribution in [0.15, 0.2) is 47.0 Å². The van der Waals surface area contributed by atoms with Crippen LogP contribution in [0.2, 0.25) is 0 Å². The topological polar surface area (TPSA) is 74.9 Å². The second-order valence-corrected chi connectivity index (χ2v) is 8.49. The zero-order chi connectivity index (χ0) is 23.9. The fourth-order valence-electron chi connectivity index (χ4n) is 4.09. The van der Waals surface area contributed by atoms with Gasteiger partial charge in [-0.3, -0.25) is 4.79 Å². The number of benzene rings is 1. The highest BCUT2D eigenvalue weighted by Crippen LogP contribution is 2.29. The molecule has 0 bridgehead atoms. The van der Waals surface area contributed by atoms with E-state index in [1.54, 1.807) is 29.3 Å². The molecule has 2 aromatic heterocycles. The average molecular weight is 475 g/mol. The van der Waals surface area contributed by atoms with Gasteiger partial charge in [0.25, 0.3) is 11.9 Å². The number of amides is 1. The Morgan fingerprint density at radius 1 is 1.09 bits per heavy atom. The van der Waals surface area contributed by atoms with Crippen LogP contribution < -0.4 is 9.80 Å². The second-order valence-electron chi connectivity index (χ2n) is 8.49. The lowest BCUT2D eigenvalue weighted by atomic mass is 10.1. The predicted molar refractivity (Wildman–Crippen MR) is 119 cm³/mol. The van der Waals surface area contributed by atoms with E-state index >= 15 is 0 Å². The molecule has 2 aliphatic heterocycles. The second kappa shape index (κ2) is 8.79. The minimum absolute atomic E-state index is 0.0609. The normalized spacial score (nSPS) is 18.3. The minimum atomic E-state index is -4.35. The van der Waals surface area contributed by atoms with Gasteiger partial charge in [0.2, 0.25) is 5.65 Å². The lowest BCUT2D eigenvalue weighted by Gasteiger charge is -2.42. The first-order valence-corrected chi connectivity index (χ1v) is 11.1. The average Bonchev–Trinajstić information content (AvgIpc) is 3.24. The number of alkyl halides is 3. The Labute approximate surface area is 193 Å². The van der Waals surface area contributed by atoms with Crippen LogP contribution in [0, 0.1) is 0 Å². The van der Waals surface area contributed by atoms with Crippen LogP contribution in [0.4, 0.5) is 24.9 Å². The van der Waals surface area contributed by atoms with Gasteiger partial charge >= 0.3 is 6.18 Å². The summed E-state index contributed by atoms with van der Waals surface area (Å²) in [5.41, 5.74) is 2.62. The Balaban J connectivity index is 1.13. The number of hydrogen-bond acceptors (Lipinski definition) is 7. The van der Waals surface area contributed by atoms with Crippen molar-refractivity contribution in [3.05, 3.63) is 48.2 Å². The number of carbonyl (C=O) groups excluding carboxylic acids is 1. The molecule has 3 aromatic rings. The summed E-state index contributed by atoms with van der Waals surface area (Å²) in [5.74, 6) is -0.0609. The minimum Gasteiger partial charge on any atom is -0.422 e. The van der Waals surface area contributed by atoms with E-state index in [1.165, 1.54) is 0 Å². The number of carbonyl (C=O) groups is 1. The molecule has 1 unspecified atom stereocenters. The fourth-order valence-corrected chi connectivity index (χ4v) is 4.09. The van der Waals surface area contributed by atoms with E-state index in [4.69, 9.17) is 9.15 Å². The molecule has 0 N–H and O–H groups in total. The number of piperazine rings is 1. The monoisotopic (exact) mass is 475 g/mol. The highest BCUT2D eigenvalue weighted by Gasteiger charge is 2.41. The van der Waals surface area contributed by atoms with Gasteiger partial charge in [0.1, 0.15) is 0 Å². The van der Waals surface area contributed by atoms with Gasteiger partial charge in [0.15, 0.2) is 11.7 Å². The third-order valence-electron chi connectivity index (χ3n) is 6.18. The maximum atomic E-state index is 12.9. The van der Waals surface area contributed by atoms with Crippen molar-refractivity contribution >= 4 is 28.8 Å². The quantitative estimate of drug-likeness (QED) is 0.560. The number of anilines is 2. The summed E-state index contributed by atoms with van der Waals surface area (Å²) in [7, 11) is 0. The molecule has 2 aliphatic rings. The van der Waals surface area contributed by atoms with Crippen LogP contribution in [0.1, 0.15) is 17.3 Å². The van der Waals surface area contributed by atoms with Crippen molar-refractivity contribution in [3.8, 4) is 0 Å². The highest BCUT2D eigenvalue weighted by molar-refractivity contribution is 5.94. The van der Waals surface area contributed by atoms with E-state index in [9.17, 15) is 18.0 Å². The van der Waals surface area contributed by atoms with Crippen LogP contribution in [0.25, 0.3) is 11.2 Å². The van der Waals surface area contributed by atoms with Crippen LogP contribution in [-0.4, -0.2) is 78.4 Å². The van der Waals surface area contributed by atoms with Gasteiger partial charge in [-0.25, -0.2) is 4.98 Å². The van der Waals surface area contributed by atoms with E-state index in [-0.39, 0.29) is 5.91 Å². The third kappa shape index (κ3) is 4.52. The third-order valence-corrected chi connectivity index (χ3v) is 6.18. The number of pyridine rings is 1. The summed E-state index contributed by atoms with van der Waals surface area (Å²) in [5, 5.41) is 0. The van der Waals surface area contributed by atoms with Gasteiger partial charge in [-0.15, -0.1) is 0 Å². The molecule has 0 saturated carbocycles. The van der Waals surface area contributed by atoms with E-state index in [0.717, 1.165) is 12.6 Å². The molecule has 5 rings (SSSR count). The summed E-state index contributed by atoms with van der Waals surface area (Å²) in [4.78, 5) is 27.2. The first-order chi connectivity index (χ1) is 16.3. The summed E-state index contributed by atoms with van der Waals surface area (Å²) in [6.45, 7) is 4.07. The van der Waals surface area contributed by atoms with Gasteiger partial charge < -0.3 is 23.9 Å². The van der Waals surface area contributed by atoms with Crippen molar-refractivity contribution in [3.63, 3.8) is 0 Å². The fraction of sp³-hybridized carbons (Fsp3) is 0.435. The molecule has 34 heavy (non-hydrogen) atoms. The highest BCUT2D eigenvalue weighted by atomic mass is 19.4. The Hall–Kier alpha value is -3.34. The van der Waals surface area contributed by atoms with Gasteiger partial charge in [-0.2, -0.15) is 18.2 Å². The molecule has 0 radical (unpaired) electrons. The van der Waals surface area contributed by atoms with Crippen molar-refractivity contribution < 1.29 is 27.1 Å². The van der Waals surface area contributed by atoms with Gasteiger partial charge in [-0.05, 0) is 43.3 Å². The van der Waals surface area contributed by atoms with Crippen molar-refractivity contribution in [2.24, 2.45) is 0 Å². The van der Waals surface area contributed by atoms with Crippen LogP contribution in [0.5, 0.6) is 0 Å². The van der Waals surface area contributed by atoms with Crippen LogP contribution in [-0.2, 0) is 4.74 Å². The van der Waals surface area contributed by atoms with Gasteiger partial charge in [-0.1, -0.05) is 0 Å². The number of hydrogen-bond donors (Lipinski definition) is 0. The van der Waals surface area contributed by atoms with Gasteiger partial charge in [0, 0.05) is 56.7 Å². The number of oxazole rings is 1. The number of ether oxygens (including phenoxy) is 1. The first-order valence-electron chi connectivity index (χ1n) is 11.1. The number of halogens is 3. The Kier molecular flexibility index (Phi) is 5.80. The zero-order valence-corrected chi connectivity index (χ0v) is 18.5. The lowest BCUT2D eigenvalue weighted by molar-refractivity contribution is -0.228. The summed E-state index contributed by atoms with van der Waals surface area (Å²) in [6, 6.07) is 11.3. The van der Waals surface area contributed by atoms with Crippen molar-refractivity contribution in [2.45, 2.75) is 25.3 Å². The van der Waals surface area contributed by atoms with Crippen LogP contribution >= 0.6 is 0 Å². The molecule has 1 amide bonds. The lowest BCUT2D eigenvalue weighted by Crippen LogP contribution is -2.54. The SMILES string of the molecule is CC(OC1CN(c2ccc(C(=O)N3CCN(c4nc5ncccc5o4)CC3)cc2)C1)C(F)(F)F. The first kappa shape index (κ1) is 22.5. The van der Waals surface area contributed by atoms with Crippen molar-refractivity contribution in [1.82, 2.24) is 14.9 Å². The predicted octanol–water partition coefficient (Wildman–Crippen LogP) is 3.34. The summed E-state index contributed by atoms with van der Waals surface area (Å²) >= 11 is 0. The van der Waals surface area contributed by atoms with Crippen molar-refractivity contribution in [2.75, 3.05) is 49.1 Å². The zero-order valence-electron chi connectivity index (χ0n) is 18.5. The van der Waals surface area contributed by atoms with E-state index in [1.807, 2.05) is 28.0 Å². The summed E-state index contributed by atoms with van der Waals surface area (Å²) in [6.07, 6.45) is -4.92. The molecular formula is C23H24F3N5O3. The van der Waals surface area contributed by atoms with Gasteiger partial charge in [0.05, 0.1) is 6.10 Å². The van der Waals surface area contributed by atoms with E-state index in [2.05, 4.69) is 9.97 Å². The summed E-state index contributed by atoms with van der Waals surface area (Å²) < 4.78 is 48.7. The van der Waals surface area contributed by atoms with Crippen LogP contribution in [0.3, 0.4) is 0 Å².